The van der Waals surface area contributed by atoms with Gasteiger partial charge in [0.05, 0.1) is 5.56 Å². The predicted molar refractivity (Wildman–Crippen MR) is 94.4 cm³/mol. The fraction of sp³-hybridized carbons (Fsp3) is 0.263. The fourth-order valence-electron chi connectivity index (χ4n) is 2.12. The maximum Gasteiger partial charge on any atom is 0.335 e. The van der Waals surface area contributed by atoms with Crippen molar-refractivity contribution in [2.75, 3.05) is 5.32 Å². The molecule has 24 heavy (non-hydrogen) atoms. The molecule has 5 nitrogen and oxygen atoms in total. The number of amides is 1. The molecule has 0 aromatic heterocycles. The Labute approximate surface area is 141 Å². The summed E-state index contributed by atoms with van der Waals surface area (Å²) in [4.78, 5) is 22.9. The Bertz CT molecular complexity index is 714. The highest BCUT2D eigenvalue weighted by molar-refractivity contribution is 5.95. The van der Waals surface area contributed by atoms with Gasteiger partial charge in [0.15, 0.2) is 0 Å². The second-order valence-corrected chi connectivity index (χ2v) is 6.64. The topological polar surface area (TPSA) is 78.4 Å². The molecule has 0 unspecified atom stereocenters. The lowest BCUT2D eigenvalue weighted by Crippen LogP contribution is -2.40. The number of anilines is 1. The molecule has 0 aliphatic heterocycles. The lowest BCUT2D eigenvalue weighted by atomic mass is 10.1. The Morgan fingerprint density at radius 3 is 1.96 bits per heavy atom. The molecule has 0 saturated carbocycles. The Balaban J connectivity index is 1.94. The third kappa shape index (κ3) is 5.12. The summed E-state index contributed by atoms with van der Waals surface area (Å²) in [6.07, 6.45) is 0. The van der Waals surface area contributed by atoms with E-state index in [9.17, 15) is 9.59 Å². The van der Waals surface area contributed by atoms with Gasteiger partial charge in [-0.15, -0.1) is 0 Å². The predicted octanol–water partition coefficient (Wildman–Crippen LogP) is 3.53. The van der Waals surface area contributed by atoms with Crippen molar-refractivity contribution in [1.29, 1.82) is 0 Å². The first-order valence-corrected chi connectivity index (χ1v) is 7.73. The van der Waals surface area contributed by atoms with Crippen LogP contribution >= 0.6 is 0 Å². The second kappa shape index (κ2) is 7.17. The number of carboxylic acids is 1. The van der Waals surface area contributed by atoms with Crippen molar-refractivity contribution in [2.45, 2.75) is 32.9 Å². The Hall–Kier alpha value is -2.82. The standard InChI is InChI=1S/C19H22N2O3/c1-19(2,3)21-17(22)14-8-10-16(11-9-14)20-12-13-4-6-15(7-5-13)18(23)24/h4-11,20H,12H2,1-3H3,(H,21,22)(H,23,24). The Kier molecular flexibility index (Phi) is 5.24. The highest BCUT2D eigenvalue weighted by Gasteiger charge is 2.14. The van der Waals surface area contributed by atoms with Crippen LogP contribution in [0.4, 0.5) is 5.69 Å². The minimum Gasteiger partial charge on any atom is -0.478 e. The molecule has 2 rings (SSSR count). The van der Waals surface area contributed by atoms with E-state index in [2.05, 4.69) is 10.6 Å². The summed E-state index contributed by atoms with van der Waals surface area (Å²) >= 11 is 0. The van der Waals surface area contributed by atoms with Crippen molar-refractivity contribution in [3.8, 4) is 0 Å². The molecule has 0 saturated heterocycles. The Morgan fingerprint density at radius 2 is 1.46 bits per heavy atom. The van der Waals surface area contributed by atoms with Crippen molar-refractivity contribution >= 4 is 17.6 Å². The van der Waals surface area contributed by atoms with Crippen LogP contribution in [0.15, 0.2) is 48.5 Å². The number of rotatable bonds is 5. The minimum atomic E-state index is -0.932. The van der Waals surface area contributed by atoms with Crippen LogP contribution in [-0.4, -0.2) is 22.5 Å². The van der Waals surface area contributed by atoms with Gasteiger partial charge < -0.3 is 15.7 Å². The number of hydrogen-bond donors (Lipinski definition) is 3. The molecule has 2 aromatic rings. The largest absolute Gasteiger partial charge is 0.478 e. The molecule has 2 aromatic carbocycles. The van der Waals surface area contributed by atoms with Crippen molar-refractivity contribution in [1.82, 2.24) is 5.32 Å². The van der Waals surface area contributed by atoms with Gasteiger partial charge in [-0.05, 0) is 62.7 Å². The Morgan fingerprint density at radius 1 is 0.917 bits per heavy atom. The maximum absolute atomic E-state index is 12.1. The summed E-state index contributed by atoms with van der Waals surface area (Å²) < 4.78 is 0. The molecule has 3 N–H and O–H groups in total. The zero-order valence-corrected chi connectivity index (χ0v) is 14.1. The molecular weight excluding hydrogens is 304 g/mol. The number of carbonyl (C=O) groups is 2. The van der Waals surface area contributed by atoms with Gasteiger partial charge in [0.2, 0.25) is 0 Å². The summed E-state index contributed by atoms with van der Waals surface area (Å²) in [5, 5.41) is 15.0. The van der Waals surface area contributed by atoms with Gasteiger partial charge in [-0.25, -0.2) is 4.79 Å². The average molecular weight is 326 g/mol. The fourth-order valence-corrected chi connectivity index (χ4v) is 2.12. The van der Waals surface area contributed by atoms with Crippen LogP contribution < -0.4 is 10.6 Å². The first kappa shape index (κ1) is 17.5. The van der Waals surface area contributed by atoms with Gasteiger partial charge in [-0.3, -0.25) is 4.79 Å². The number of nitrogens with one attached hydrogen (secondary N) is 2. The summed E-state index contributed by atoms with van der Waals surface area (Å²) in [7, 11) is 0. The molecule has 0 aliphatic carbocycles. The van der Waals surface area contributed by atoms with Gasteiger partial charge in [0.1, 0.15) is 0 Å². The SMILES string of the molecule is CC(C)(C)NC(=O)c1ccc(NCc2ccc(C(=O)O)cc2)cc1. The zero-order chi connectivity index (χ0) is 17.7. The van der Waals surface area contributed by atoms with Crippen molar-refractivity contribution in [2.24, 2.45) is 0 Å². The molecule has 126 valence electrons. The van der Waals surface area contributed by atoms with E-state index in [0.717, 1.165) is 11.3 Å². The van der Waals surface area contributed by atoms with Crippen molar-refractivity contribution in [3.63, 3.8) is 0 Å². The van der Waals surface area contributed by atoms with Gasteiger partial charge >= 0.3 is 5.97 Å². The molecular formula is C19H22N2O3. The maximum atomic E-state index is 12.1. The van der Waals surface area contributed by atoms with E-state index in [1.165, 1.54) is 0 Å². The van der Waals surface area contributed by atoms with Gasteiger partial charge in [-0.2, -0.15) is 0 Å². The first-order chi connectivity index (χ1) is 11.2. The van der Waals surface area contributed by atoms with E-state index >= 15 is 0 Å². The van der Waals surface area contributed by atoms with Crippen LogP contribution in [0.5, 0.6) is 0 Å². The van der Waals surface area contributed by atoms with E-state index in [1.54, 1.807) is 36.4 Å². The number of benzene rings is 2. The summed E-state index contributed by atoms with van der Waals surface area (Å²) in [6.45, 7) is 6.40. The molecule has 0 aliphatic rings. The van der Waals surface area contributed by atoms with Crippen LogP contribution in [0.3, 0.4) is 0 Å². The number of carboxylic acid groups (broad SMARTS) is 1. The summed E-state index contributed by atoms with van der Waals surface area (Å²) in [5.41, 5.74) is 2.49. The average Bonchev–Trinajstić information content (AvgIpc) is 2.52. The van der Waals surface area contributed by atoms with E-state index in [-0.39, 0.29) is 17.0 Å². The lowest BCUT2D eigenvalue weighted by Gasteiger charge is -2.20. The van der Waals surface area contributed by atoms with Crippen LogP contribution in [0.25, 0.3) is 0 Å². The molecule has 0 radical (unpaired) electrons. The number of carbonyl (C=O) groups excluding carboxylic acids is 1. The van der Waals surface area contributed by atoms with E-state index in [4.69, 9.17) is 5.11 Å². The molecule has 5 heteroatoms. The smallest absolute Gasteiger partial charge is 0.335 e. The highest BCUT2D eigenvalue weighted by Crippen LogP contribution is 2.13. The minimum absolute atomic E-state index is 0.0988. The van der Waals surface area contributed by atoms with Crippen LogP contribution in [0.2, 0.25) is 0 Å². The van der Waals surface area contributed by atoms with Crippen LogP contribution in [0, 0.1) is 0 Å². The summed E-state index contributed by atoms with van der Waals surface area (Å²) in [6, 6.07) is 14.0. The van der Waals surface area contributed by atoms with E-state index in [1.807, 2.05) is 32.9 Å². The van der Waals surface area contributed by atoms with E-state index < -0.39 is 5.97 Å². The van der Waals surface area contributed by atoms with Gasteiger partial charge in [0.25, 0.3) is 5.91 Å². The lowest BCUT2D eigenvalue weighted by molar-refractivity contribution is 0.0696. The molecule has 0 bridgehead atoms. The molecule has 0 fully saturated rings. The zero-order valence-electron chi connectivity index (χ0n) is 14.1. The van der Waals surface area contributed by atoms with Crippen LogP contribution in [-0.2, 0) is 6.54 Å². The quantitative estimate of drug-likeness (QED) is 0.785. The van der Waals surface area contributed by atoms with Crippen LogP contribution in [0.1, 0.15) is 47.1 Å². The number of aromatic carboxylic acids is 1. The first-order valence-electron chi connectivity index (χ1n) is 7.73. The molecule has 0 spiro atoms. The molecule has 0 heterocycles. The third-order valence-electron chi connectivity index (χ3n) is 3.33. The summed E-state index contributed by atoms with van der Waals surface area (Å²) in [5.74, 6) is -1.03. The van der Waals surface area contributed by atoms with Gasteiger partial charge in [0, 0.05) is 23.3 Å². The van der Waals surface area contributed by atoms with E-state index in [0.29, 0.717) is 12.1 Å². The third-order valence-corrected chi connectivity index (χ3v) is 3.33. The monoisotopic (exact) mass is 326 g/mol. The van der Waals surface area contributed by atoms with Crippen molar-refractivity contribution < 1.29 is 14.7 Å². The normalized spacial score (nSPS) is 11.0. The number of hydrogen-bond acceptors (Lipinski definition) is 3. The van der Waals surface area contributed by atoms with Gasteiger partial charge in [-0.1, -0.05) is 12.1 Å². The highest BCUT2D eigenvalue weighted by atomic mass is 16.4. The molecule has 0 atom stereocenters. The molecule has 1 amide bonds. The second-order valence-electron chi connectivity index (χ2n) is 6.64. The van der Waals surface area contributed by atoms with Crippen molar-refractivity contribution in [3.05, 3.63) is 65.2 Å².